The van der Waals surface area contributed by atoms with Gasteiger partial charge in [0.2, 0.25) is 0 Å². The largest absolute Gasteiger partial charge is 0.481 e. The molecule has 0 aromatic heterocycles. The molecule has 0 amide bonds. The molecule has 0 bridgehead atoms. The van der Waals surface area contributed by atoms with E-state index in [2.05, 4.69) is 0 Å². The molecule has 0 aliphatic rings. The Balaban J connectivity index is 0.000000346. The van der Waals surface area contributed by atoms with Gasteiger partial charge in [0, 0.05) is 28.9 Å². The SMILES string of the molecule is CCCC(=O)O.Nc1ccc(C(=O)c2ccc(N)cc2)cc1. The Morgan fingerprint density at radius 1 is 0.864 bits per heavy atom. The molecule has 0 unspecified atom stereocenters. The molecular weight excluding hydrogens is 280 g/mol. The Hall–Kier alpha value is -2.82. The monoisotopic (exact) mass is 300 g/mol. The highest BCUT2D eigenvalue weighted by atomic mass is 16.4. The van der Waals surface area contributed by atoms with Crippen LogP contribution in [0.3, 0.4) is 0 Å². The van der Waals surface area contributed by atoms with E-state index in [4.69, 9.17) is 16.6 Å². The molecule has 0 saturated heterocycles. The molecule has 0 heterocycles. The van der Waals surface area contributed by atoms with E-state index in [9.17, 15) is 9.59 Å². The summed E-state index contributed by atoms with van der Waals surface area (Å²) in [5, 5.41) is 7.91. The van der Waals surface area contributed by atoms with Crippen molar-refractivity contribution in [3.8, 4) is 0 Å². The molecule has 0 spiro atoms. The maximum atomic E-state index is 12.0. The van der Waals surface area contributed by atoms with Crippen LogP contribution in [0.1, 0.15) is 35.7 Å². The summed E-state index contributed by atoms with van der Waals surface area (Å²) in [7, 11) is 0. The highest BCUT2D eigenvalue weighted by Crippen LogP contribution is 2.13. The lowest BCUT2D eigenvalue weighted by atomic mass is 10.0. The van der Waals surface area contributed by atoms with Gasteiger partial charge >= 0.3 is 5.97 Å². The second-order valence-corrected chi connectivity index (χ2v) is 4.72. The Bertz CT molecular complexity index is 572. The molecule has 0 aliphatic carbocycles. The van der Waals surface area contributed by atoms with Crippen LogP contribution < -0.4 is 11.5 Å². The van der Waals surface area contributed by atoms with E-state index in [1.54, 1.807) is 48.5 Å². The lowest BCUT2D eigenvalue weighted by Crippen LogP contribution is -2.01. The Morgan fingerprint density at radius 2 is 1.23 bits per heavy atom. The van der Waals surface area contributed by atoms with Crippen LogP contribution >= 0.6 is 0 Å². The van der Waals surface area contributed by atoms with Crippen LogP contribution in [0, 0.1) is 0 Å². The molecule has 2 aromatic carbocycles. The van der Waals surface area contributed by atoms with Gasteiger partial charge in [0.05, 0.1) is 0 Å². The zero-order valence-electron chi connectivity index (χ0n) is 12.5. The smallest absolute Gasteiger partial charge is 0.303 e. The van der Waals surface area contributed by atoms with Crippen LogP contribution in [0.2, 0.25) is 0 Å². The summed E-state index contributed by atoms with van der Waals surface area (Å²) in [6, 6.07) is 13.7. The van der Waals surface area contributed by atoms with Crippen molar-refractivity contribution in [2.75, 3.05) is 11.5 Å². The van der Waals surface area contributed by atoms with E-state index >= 15 is 0 Å². The molecule has 0 saturated carbocycles. The quantitative estimate of drug-likeness (QED) is 0.594. The van der Waals surface area contributed by atoms with E-state index in [0.29, 0.717) is 28.9 Å². The lowest BCUT2D eigenvalue weighted by molar-refractivity contribution is -0.137. The van der Waals surface area contributed by atoms with E-state index < -0.39 is 5.97 Å². The number of nitrogen functional groups attached to an aromatic ring is 2. The molecule has 0 aliphatic heterocycles. The number of carboxylic acid groups (broad SMARTS) is 1. The summed E-state index contributed by atoms with van der Waals surface area (Å²) in [6.45, 7) is 1.84. The number of ketones is 1. The van der Waals surface area contributed by atoms with Gasteiger partial charge < -0.3 is 16.6 Å². The Morgan fingerprint density at radius 3 is 1.45 bits per heavy atom. The molecule has 116 valence electrons. The number of carbonyl (C=O) groups is 2. The molecule has 0 radical (unpaired) electrons. The molecule has 22 heavy (non-hydrogen) atoms. The molecule has 2 aromatic rings. The molecule has 5 nitrogen and oxygen atoms in total. The van der Waals surface area contributed by atoms with Crippen molar-refractivity contribution in [3.05, 3.63) is 59.7 Å². The summed E-state index contributed by atoms with van der Waals surface area (Å²) in [5.41, 5.74) is 13.7. The third kappa shape index (κ3) is 5.66. The van der Waals surface area contributed by atoms with Crippen molar-refractivity contribution in [2.45, 2.75) is 19.8 Å². The zero-order valence-corrected chi connectivity index (χ0v) is 12.5. The highest BCUT2D eigenvalue weighted by molar-refractivity contribution is 6.09. The van der Waals surface area contributed by atoms with Crippen molar-refractivity contribution < 1.29 is 14.7 Å². The normalized spacial score (nSPS) is 9.50. The van der Waals surface area contributed by atoms with E-state index in [-0.39, 0.29) is 5.78 Å². The molecule has 0 fully saturated rings. The lowest BCUT2D eigenvalue weighted by Gasteiger charge is -2.02. The fourth-order valence-electron chi connectivity index (χ4n) is 1.65. The van der Waals surface area contributed by atoms with Gasteiger partial charge in [-0.15, -0.1) is 0 Å². The average Bonchev–Trinajstić information content (AvgIpc) is 2.48. The number of rotatable bonds is 4. The number of anilines is 2. The van der Waals surface area contributed by atoms with Gasteiger partial charge in [-0.2, -0.15) is 0 Å². The molecule has 0 atom stereocenters. The third-order valence-electron chi connectivity index (χ3n) is 2.81. The van der Waals surface area contributed by atoms with Gasteiger partial charge in [0.25, 0.3) is 0 Å². The van der Waals surface area contributed by atoms with Crippen LogP contribution in [0.4, 0.5) is 11.4 Å². The summed E-state index contributed by atoms with van der Waals surface area (Å²) in [5.74, 6) is -0.738. The number of carbonyl (C=O) groups excluding carboxylic acids is 1. The summed E-state index contributed by atoms with van der Waals surface area (Å²) < 4.78 is 0. The molecule has 5 heteroatoms. The first kappa shape index (κ1) is 17.2. The molecule has 5 N–H and O–H groups in total. The van der Waals surface area contributed by atoms with Crippen molar-refractivity contribution in [3.63, 3.8) is 0 Å². The van der Waals surface area contributed by atoms with Gasteiger partial charge in [-0.1, -0.05) is 6.92 Å². The van der Waals surface area contributed by atoms with Gasteiger partial charge in [-0.3, -0.25) is 9.59 Å². The van der Waals surface area contributed by atoms with Crippen LogP contribution in [-0.4, -0.2) is 16.9 Å². The van der Waals surface area contributed by atoms with Crippen LogP contribution in [0.5, 0.6) is 0 Å². The van der Waals surface area contributed by atoms with Crippen molar-refractivity contribution >= 4 is 23.1 Å². The Labute approximate surface area is 129 Å². The minimum Gasteiger partial charge on any atom is -0.481 e. The van der Waals surface area contributed by atoms with E-state index in [1.807, 2.05) is 6.92 Å². The maximum absolute atomic E-state index is 12.0. The van der Waals surface area contributed by atoms with Gasteiger partial charge in [-0.05, 0) is 55.0 Å². The van der Waals surface area contributed by atoms with Crippen LogP contribution in [-0.2, 0) is 4.79 Å². The van der Waals surface area contributed by atoms with Gasteiger partial charge in [0.1, 0.15) is 0 Å². The fraction of sp³-hybridized carbons (Fsp3) is 0.176. The van der Waals surface area contributed by atoms with Crippen LogP contribution in [0.15, 0.2) is 48.5 Å². The first-order valence-electron chi connectivity index (χ1n) is 6.91. The van der Waals surface area contributed by atoms with E-state index in [0.717, 1.165) is 6.42 Å². The zero-order chi connectivity index (χ0) is 16.5. The Kier molecular flexibility index (Phi) is 6.63. The minimum atomic E-state index is -0.711. The van der Waals surface area contributed by atoms with Gasteiger partial charge in [0.15, 0.2) is 5.78 Å². The summed E-state index contributed by atoms with van der Waals surface area (Å²) in [6.07, 6.45) is 1.02. The fourth-order valence-corrected chi connectivity index (χ4v) is 1.65. The predicted molar refractivity (Wildman–Crippen MR) is 87.7 cm³/mol. The van der Waals surface area contributed by atoms with Gasteiger partial charge in [-0.25, -0.2) is 0 Å². The maximum Gasteiger partial charge on any atom is 0.303 e. The van der Waals surface area contributed by atoms with E-state index in [1.165, 1.54) is 0 Å². The number of hydrogen-bond donors (Lipinski definition) is 3. The number of nitrogens with two attached hydrogens (primary N) is 2. The number of benzene rings is 2. The van der Waals surface area contributed by atoms with Crippen molar-refractivity contribution in [1.29, 1.82) is 0 Å². The first-order chi connectivity index (χ1) is 10.4. The third-order valence-corrected chi connectivity index (χ3v) is 2.81. The number of aliphatic carboxylic acids is 1. The second kappa shape index (κ2) is 8.46. The molecule has 2 rings (SSSR count). The minimum absolute atomic E-state index is 0.0278. The average molecular weight is 300 g/mol. The highest BCUT2D eigenvalue weighted by Gasteiger charge is 2.07. The molecular formula is C17H20N2O3. The van der Waals surface area contributed by atoms with Crippen LogP contribution in [0.25, 0.3) is 0 Å². The topological polar surface area (TPSA) is 106 Å². The summed E-state index contributed by atoms with van der Waals surface area (Å²) in [4.78, 5) is 21.6. The number of carboxylic acids is 1. The van der Waals surface area contributed by atoms with Crippen molar-refractivity contribution in [2.24, 2.45) is 0 Å². The number of hydrogen-bond acceptors (Lipinski definition) is 4. The first-order valence-corrected chi connectivity index (χ1v) is 6.91. The predicted octanol–water partition coefficient (Wildman–Crippen LogP) is 2.95. The van der Waals surface area contributed by atoms with Crippen molar-refractivity contribution in [1.82, 2.24) is 0 Å². The second-order valence-electron chi connectivity index (χ2n) is 4.72. The summed E-state index contributed by atoms with van der Waals surface area (Å²) >= 11 is 0. The standard InChI is InChI=1S/C13H12N2O.C4H8O2/c14-11-5-1-9(2-6-11)13(16)10-3-7-12(15)8-4-10;1-2-3-4(5)6/h1-8H,14-15H2;2-3H2,1H3,(H,5,6).